The molecule has 0 N–H and O–H groups in total. The summed E-state index contributed by atoms with van der Waals surface area (Å²) in [5.41, 5.74) is 0. The second kappa shape index (κ2) is 5.86. The summed E-state index contributed by atoms with van der Waals surface area (Å²) in [7, 11) is 1.83. The third-order valence-corrected chi connectivity index (χ3v) is 1.85. The maximum absolute atomic E-state index is 11.7. The van der Waals surface area contributed by atoms with Crippen molar-refractivity contribution in [2.75, 3.05) is 20.1 Å². The average Bonchev–Trinajstić information content (AvgIpc) is 1.81. The summed E-state index contributed by atoms with van der Waals surface area (Å²) in [6.07, 6.45) is -4.52. The third kappa shape index (κ3) is 10.1. The van der Waals surface area contributed by atoms with Gasteiger partial charge in [-0.3, -0.25) is 0 Å². The summed E-state index contributed by atoms with van der Waals surface area (Å²) in [6.45, 7) is 3.24. The van der Waals surface area contributed by atoms with E-state index in [0.29, 0.717) is 11.4 Å². The highest BCUT2D eigenvalue weighted by atomic mass is 79.9. The van der Waals surface area contributed by atoms with Crippen LogP contribution in [-0.2, 0) is 0 Å². The van der Waals surface area contributed by atoms with E-state index in [1.807, 2.05) is 18.9 Å². The van der Waals surface area contributed by atoms with Gasteiger partial charge < -0.3 is 4.90 Å². The van der Waals surface area contributed by atoms with Crippen LogP contribution < -0.4 is 0 Å². The van der Waals surface area contributed by atoms with E-state index in [2.05, 4.69) is 15.9 Å². The van der Waals surface area contributed by atoms with Crippen LogP contribution in [0.15, 0.2) is 0 Å². The predicted molar refractivity (Wildman–Crippen MR) is 51.2 cm³/mol. The van der Waals surface area contributed by atoms with Gasteiger partial charge in [0.1, 0.15) is 0 Å². The molecule has 0 aromatic heterocycles. The van der Waals surface area contributed by atoms with E-state index in [-0.39, 0.29) is 6.42 Å². The van der Waals surface area contributed by atoms with Gasteiger partial charge in [0.05, 0.1) is 0 Å². The van der Waals surface area contributed by atoms with Gasteiger partial charge in [-0.2, -0.15) is 13.2 Å². The van der Waals surface area contributed by atoms with Gasteiger partial charge in [0.2, 0.25) is 0 Å². The zero-order valence-electron chi connectivity index (χ0n) is 7.86. The Hall–Kier alpha value is 0.230. The molecule has 1 atom stereocenters. The minimum Gasteiger partial charge on any atom is -0.305 e. The molecule has 5 heteroatoms. The van der Waals surface area contributed by atoms with Crippen LogP contribution in [0.4, 0.5) is 13.2 Å². The van der Waals surface area contributed by atoms with E-state index < -0.39 is 12.6 Å². The SMILES string of the molecule is CC(Br)CN(C)CCCC(F)(F)F. The van der Waals surface area contributed by atoms with Crippen molar-refractivity contribution in [3.05, 3.63) is 0 Å². The lowest BCUT2D eigenvalue weighted by molar-refractivity contribution is -0.136. The molecule has 1 unspecified atom stereocenters. The molecule has 0 radical (unpaired) electrons. The number of alkyl halides is 4. The largest absolute Gasteiger partial charge is 0.389 e. The van der Waals surface area contributed by atoms with Crippen LogP contribution in [0.1, 0.15) is 19.8 Å². The minimum atomic E-state index is -4.01. The summed E-state index contributed by atoms with van der Waals surface area (Å²) in [5, 5.41) is 0. The molecule has 0 spiro atoms. The molecular formula is C8H15BrF3N. The molecule has 0 rings (SSSR count). The number of halogens is 4. The Morgan fingerprint density at radius 1 is 1.38 bits per heavy atom. The molecule has 13 heavy (non-hydrogen) atoms. The topological polar surface area (TPSA) is 3.24 Å². The number of nitrogens with zero attached hydrogens (tertiary/aromatic N) is 1. The van der Waals surface area contributed by atoms with E-state index in [9.17, 15) is 13.2 Å². The monoisotopic (exact) mass is 261 g/mol. The van der Waals surface area contributed by atoms with Crippen molar-refractivity contribution in [3.8, 4) is 0 Å². The molecule has 0 bridgehead atoms. The fraction of sp³-hybridized carbons (Fsp3) is 1.00. The second-order valence-electron chi connectivity index (χ2n) is 3.26. The quantitative estimate of drug-likeness (QED) is 0.688. The van der Waals surface area contributed by atoms with Gasteiger partial charge >= 0.3 is 6.18 Å². The van der Waals surface area contributed by atoms with Crippen molar-refractivity contribution >= 4 is 15.9 Å². The van der Waals surface area contributed by atoms with Crippen LogP contribution in [0.5, 0.6) is 0 Å². The summed E-state index contributed by atoms with van der Waals surface area (Å²) in [6, 6.07) is 0. The third-order valence-electron chi connectivity index (χ3n) is 1.56. The number of rotatable bonds is 5. The lowest BCUT2D eigenvalue weighted by atomic mass is 10.3. The standard InChI is InChI=1S/C8H15BrF3N/c1-7(9)6-13(2)5-3-4-8(10,11)12/h7H,3-6H2,1-2H3. The van der Waals surface area contributed by atoms with Gasteiger partial charge in [-0.05, 0) is 20.0 Å². The Morgan fingerprint density at radius 2 is 1.92 bits per heavy atom. The fourth-order valence-electron chi connectivity index (χ4n) is 1.07. The maximum atomic E-state index is 11.7. The predicted octanol–water partition coefficient (Wildman–Crippen LogP) is 3.04. The average molecular weight is 262 g/mol. The van der Waals surface area contributed by atoms with Crippen LogP contribution >= 0.6 is 15.9 Å². The van der Waals surface area contributed by atoms with Gasteiger partial charge in [-0.15, -0.1) is 0 Å². The summed E-state index contributed by atoms with van der Waals surface area (Å²) < 4.78 is 35.2. The molecule has 0 aromatic carbocycles. The van der Waals surface area contributed by atoms with E-state index >= 15 is 0 Å². The summed E-state index contributed by atoms with van der Waals surface area (Å²) >= 11 is 3.34. The van der Waals surface area contributed by atoms with Crippen molar-refractivity contribution < 1.29 is 13.2 Å². The first-order valence-corrected chi connectivity index (χ1v) is 5.12. The Bertz CT molecular complexity index is 136. The van der Waals surface area contributed by atoms with E-state index in [1.54, 1.807) is 0 Å². The molecule has 0 amide bonds. The summed E-state index contributed by atoms with van der Waals surface area (Å²) in [5.74, 6) is 0. The Kier molecular flexibility index (Phi) is 5.96. The van der Waals surface area contributed by atoms with Gasteiger partial charge in [0, 0.05) is 17.8 Å². The first-order chi connectivity index (χ1) is 5.81. The molecule has 0 aliphatic heterocycles. The number of hydrogen-bond acceptors (Lipinski definition) is 1. The van der Waals surface area contributed by atoms with Crippen LogP contribution in [-0.4, -0.2) is 36.0 Å². The Morgan fingerprint density at radius 3 is 2.31 bits per heavy atom. The molecule has 0 saturated heterocycles. The maximum Gasteiger partial charge on any atom is 0.389 e. The molecule has 0 heterocycles. The smallest absolute Gasteiger partial charge is 0.305 e. The van der Waals surface area contributed by atoms with Crippen LogP contribution in [0.3, 0.4) is 0 Å². The summed E-state index contributed by atoms with van der Waals surface area (Å²) in [4.78, 5) is 2.22. The van der Waals surface area contributed by atoms with Gasteiger partial charge in [0.15, 0.2) is 0 Å². The van der Waals surface area contributed by atoms with Gasteiger partial charge in [-0.25, -0.2) is 0 Å². The van der Waals surface area contributed by atoms with Crippen molar-refractivity contribution in [3.63, 3.8) is 0 Å². The van der Waals surface area contributed by atoms with Gasteiger partial charge in [0.25, 0.3) is 0 Å². The van der Waals surface area contributed by atoms with Gasteiger partial charge in [-0.1, -0.05) is 22.9 Å². The van der Waals surface area contributed by atoms with Crippen molar-refractivity contribution in [2.24, 2.45) is 0 Å². The van der Waals surface area contributed by atoms with Crippen LogP contribution in [0.25, 0.3) is 0 Å². The highest BCUT2D eigenvalue weighted by Crippen LogP contribution is 2.21. The molecule has 0 saturated carbocycles. The second-order valence-corrected chi connectivity index (χ2v) is 4.82. The molecule has 80 valence electrons. The lowest BCUT2D eigenvalue weighted by Crippen LogP contribution is -2.26. The Balaban J connectivity index is 3.42. The highest BCUT2D eigenvalue weighted by molar-refractivity contribution is 9.09. The number of hydrogen-bond donors (Lipinski definition) is 0. The zero-order chi connectivity index (χ0) is 10.5. The molecule has 0 aliphatic carbocycles. The highest BCUT2D eigenvalue weighted by Gasteiger charge is 2.26. The Labute approximate surface area is 85.4 Å². The molecule has 0 aliphatic rings. The molecule has 1 nitrogen and oxygen atoms in total. The first-order valence-electron chi connectivity index (χ1n) is 4.20. The van der Waals surface area contributed by atoms with Crippen LogP contribution in [0.2, 0.25) is 0 Å². The molecule has 0 aromatic rings. The van der Waals surface area contributed by atoms with Crippen molar-refractivity contribution in [1.29, 1.82) is 0 Å². The first kappa shape index (κ1) is 13.2. The molecule has 0 fully saturated rings. The fourth-order valence-corrected chi connectivity index (χ4v) is 1.56. The minimum absolute atomic E-state index is 0.180. The van der Waals surface area contributed by atoms with Crippen molar-refractivity contribution in [2.45, 2.75) is 30.8 Å². The van der Waals surface area contributed by atoms with E-state index in [0.717, 1.165) is 6.54 Å². The lowest BCUT2D eigenvalue weighted by Gasteiger charge is -2.18. The van der Waals surface area contributed by atoms with Crippen molar-refractivity contribution in [1.82, 2.24) is 4.90 Å². The van der Waals surface area contributed by atoms with E-state index in [1.165, 1.54) is 0 Å². The van der Waals surface area contributed by atoms with Crippen LogP contribution in [0, 0.1) is 0 Å². The molecular weight excluding hydrogens is 247 g/mol. The van der Waals surface area contributed by atoms with E-state index in [4.69, 9.17) is 0 Å². The normalized spacial score (nSPS) is 15.0. The zero-order valence-corrected chi connectivity index (χ0v) is 9.45.